The van der Waals surface area contributed by atoms with Gasteiger partial charge in [-0.15, -0.1) is 0 Å². The summed E-state index contributed by atoms with van der Waals surface area (Å²) in [7, 11) is 1.73. The van der Waals surface area contributed by atoms with Crippen LogP contribution in [0.2, 0.25) is 0 Å². The van der Waals surface area contributed by atoms with Crippen molar-refractivity contribution < 1.29 is 4.74 Å². The number of anilines is 1. The Kier molecular flexibility index (Phi) is 5.56. The molecule has 0 bridgehead atoms. The number of methoxy groups -OCH3 is 1. The van der Waals surface area contributed by atoms with Gasteiger partial charge in [-0.3, -0.25) is 0 Å². The molecule has 1 unspecified atom stereocenters. The van der Waals surface area contributed by atoms with Gasteiger partial charge in [0.25, 0.3) is 0 Å². The summed E-state index contributed by atoms with van der Waals surface area (Å²) in [5.74, 6) is 0. The maximum atomic E-state index is 5.65. The number of likely N-dealkylation sites (N-methyl/N-ethyl adjacent to an activating group) is 1. The maximum absolute atomic E-state index is 5.65. The number of rotatable bonds is 6. The summed E-state index contributed by atoms with van der Waals surface area (Å²) in [6.07, 6.45) is 0. The molecule has 18 heavy (non-hydrogen) atoms. The molecule has 0 aliphatic carbocycles. The van der Waals surface area contributed by atoms with E-state index in [-0.39, 0.29) is 0 Å². The standard InChI is InChI=1S/C14H22N2OS/c1-5-16(11(3)9-17-4)13-7-6-12(14(15)18)8-10(13)2/h6-8,11H,5,9H2,1-4H3,(H2,15,18). The lowest BCUT2D eigenvalue weighted by Crippen LogP contribution is -2.36. The average molecular weight is 266 g/mol. The molecule has 4 heteroatoms. The van der Waals surface area contributed by atoms with E-state index >= 15 is 0 Å². The number of nitrogens with zero attached hydrogens (tertiary/aromatic N) is 1. The lowest BCUT2D eigenvalue weighted by atomic mass is 10.1. The van der Waals surface area contributed by atoms with Gasteiger partial charge in [-0.25, -0.2) is 0 Å². The van der Waals surface area contributed by atoms with Crippen molar-refractivity contribution in [1.29, 1.82) is 0 Å². The van der Waals surface area contributed by atoms with E-state index in [0.717, 1.165) is 12.1 Å². The number of ether oxygens (including phenoxy) is 1. The fourth-order valence-electron chi connectivity index (χ4n) is 2.18. The quantitative estimate of drug-likeness (QED) is 0.803. The minimum atomic E-state index is 0.342. The van der Waals surface area contributed by atoms with Crippen LogP contribution in [0.15, 0.2) is 18.2 Å². The zero-order valence-corrected chi connectivity index (χ0v) is 12.4. The van der Waals surface area contributed by atoms with Crippen LogP contribution >= 0.6 is 12.2 Å². The lowest BCUT2D eigenvalue weighted by Gasteiger charge is -2.31. The van der Waals surface area contributed by atoms with E-state index in [1.165, 1.54) is 11.3 Å². The van der Waals surface area contributed by atoms with E-state index in [4.69, 9.17) is 22.7 Å². The fraction of sp³-hybridized carbons (Fsp3) is 0.500. The molecule has 0 spiro atoms. The lowest BCUT2D eigenvalue weighted by molar-refractivity contribution is 0.182. The third-order valence-electron chi connectivity index (χ3n) is 3.07. The molecule has 1 aromatic rings. The number of aryl methyl sites for hydroxylation is 1. The van der Waals surface area contributed by atoms with Gasteiger partial charge in [0.05, 0.1) is 6.61 Å². The summed E-state index contributed by atoms with van der Waals surface area (Å²) >= 11 is 5.00. The monoisotopic (exact) mass is 266 g/mol. The van der Waals surface area contributed by atoms with Crippen LogP contribution in [0.1, 0.15) is 25.0 Å². The van der Waals surface area contributed by atoms with Crippen molar-refractivity contribution in [2.75, 3.05) is 25.2 Å². The minimum Gasteiger partial charge on any atom is -0.389 e. The van der Waals surface area contributed by atoms with E-state index in [1.807, 2.05) is 12.1 Å². The molecule has 0 amide bonds. The van der Waals surface area contributed by atoms with Crippen LogP contribution < -0.4 is 10.6 Å². The third kappa shape index (κ3) is 3.43. The van der Waals surface area contributed by atoms with Crippen LogP contribution in [0, 0.1) is 6.92 Å². The molecule has 0 aliphatic heterocycles. The van der Waals surface area contributed by atoms with Crippen LogP contribution in [0.3, 0.4) is 0 Å². The number of nitrogens with two attached hydrogens (primary N) is 1. The van der Waals surface area contributed by atoms with E-state index in [1.54, 1.807) is 7.11 Å². The van der Waals surface area contributed by atoms with Crippen LogP contribution in [0.5, 0.6) is 0 Å². The summed E-state index contributed by atoms with van der Waals surface area (Å²) < 4.78 is 5.23. The Labute approximate surface area is 115 Å². The van der Waals surface area contributed by atoms with E-state index in [2.05, 4.69) is 31.7 Å². The number of hydrogen-bond acceptors (Lipinski definition) is 3. The Morgan fingerprint density at radius 2 is 2.17 bits per heavy atom. The number of benzene rings is 1. The van der Waals surface area contributed by atoms with Crippen molar-refractivity contribution in [3.05, 3.63) is 29.3 Å². The predicted octanol–water partition coefficient (Wildman–Crippen LogP) is 2.49. The first-order valence-corrected chi connectivity index (χ1v) is 6.58. The van der Waals surface area contributed by atoms with Crippen LogP contribution in [0.25, 0.3) is 0 Å². The number of thiocarbonyl (C=S) groups is 1. The van der Waals surface area contributed by atoms with Crippen molar-refractivity contribution in [3.8, 4) is 0 Å². The molecule has 0 saturated carbocycles. The molecule has 1 aromatic carbocycles. The van der Waals surface area contributed by atoms with E-state index in [0.29, 0.717) is 17.6 Å². The van der Waals surface area contributed by atoms with Crippen molar-refractivity contribution in [1.82, 2.24) is 0 Å². The highest BCUT2D eigenvalue weighted by molar-refractivity contribution is 7.80. The summed E-state index contributed by atoms with van der Waals surface area (Å²) in [4.78, 5) is 2.76. The average Bonchev–Trinajstić information content (AvgIpc) is 2.32. The largest absolute Gasteiger partial charge is 0.389 e. The molecule has 0 radical (unpaired) electrons. The van der Waals surface area contributed by atoms with Crippen molar-refractivity contribution in [2.24, 2.45) is 5.73 Å². The molecule has 0 heterocycles. The second-order valence-corrected chi connectivity index (χ2v) is 4.90. The highest BCUT2D eigenvalue weighted by Gasteiger charge is 2.15. The Morgan fingerprint density at radius 3 is 2.61 bits per heavy atom. The van der Waals surface area contributed by atoms with Gasteiger partial charge in [0.1, 0.15) is 4.99 Å². The van der Waals surface area contributed by atoms with Crippen molar-refractivity contribution >= 4 is 22.9 Å². The molecule has 0 saturated heterocycles. The summed E-state index contributed by atoms with van der Waals surface area (Å²) in [6.45, 7) is 8.04. The predicted molar refractivity (Wildman–Crippen MR) is 81.4 cm³/mol. The molecule has 2 N–H and O–H groups in total. The van der Waals surface area contributed by atoms with Crippen molar-refractivity contribution in [2.45, 2.75) is 26.8 Å². The van der Waals surface area contributed by atoms with Gasteiger partial charge in [0, 0.05) is 30.9 Å². The van der Waals surface area contributed by atoms with Crippen molar-refractivity contribution in [3.63, 3.8) is 0 Å². The molecular formula is C14H22N2OS. The third-order valence-corrected chi connectivity index (χ3v) is 3.31. The second-order valence-electron chi connectivity index (χ2n) is 4.46. The highest BCUT2D eigenvalue weighted by Crippen LogP contribution is 2.23. The topological polar surface area (TPSA) is 38.5 Å². The Hall–Kier alpha value is -1.13. The van der Waals surface area contributed by atoms with Crippen LogP contribution in [-0.4, -0.2) is 31.3 Å². The fourth-order valence-corrected chi connectivity index (χ4v) is 2.31. The first-order valence-electron chi connectivity index (χ1n) is 6.17. The molecular weight excluding hydrogens is 244 g/mol. The summed E-state index contributed by atoms with van der Waals surface area (Å²) in [5.41, 5.74) is 8.96. The molecule has 0 aliphatic rings. The number of hydrogen-bond donors (Lipinski definition) is 1. The normalized spacial score (nSPS) is 12.2. The van der Waals surface area contributed by atoms with Gasteiger partial charge in [-0.1, -0.05) is 12.2 Å². The van der Waals surface area contributed by atoms with Gasteiger partial charge in [0.2, 0.25) is 0 Å². The van der Waals surface area contributed by atoms with Gasteiger partial charge in [-0.05, 0) is 44.5 Å². The van der Waals surface area contributed by atoms with Gasteiger partial charge < -0.3 is 15.4 Å². The van der Waals surface area contributed by atoms with Crippen LogP contribution in [-0.2, 0) is 4.74 Å². The minimum absolute atomic E-state index is 0.342. The molecule has 3 nitrogen and oxygen atoms in total. The zero-order valence-electron chi connectivity index (χ0n) is 11.6. The molecule has 0 fully saturated rings. The smallest absolute Gasteiger partial charge is 0.103 e. The zero-order chi connectivity index (χ0) is 13.7. The molecule has 1 atom stereocenters. The maximum Gasteiger partial charge on any atom is 0.103 e. The SMILES string of the molecule is CCN(c1ccc(C(N)=S)cc1C)C(C)COC. The van der Waals surface area contributed by atoms with Gasteiger partial charge in [0.15, 0.2) is 0 Å². The van der Waals surface area contributed by atoms with E-state index in [9.17, 15) is 0 Å². The van der Waals surface area contributed by atoms with Crippen LogP contribution in [0.4, 0.5) is 5.69 Å². The molecule has 0 aromatic heterocycles. The first-order chi connectivity index (χ1) is 8.51. The van der Waals surface area contributed by atoms with Gasteiger partial charge >= 0.3 is 0 Å². The Morgan fingerprint density at radius 1 is 1.50 bits per heavy atom. The van der Waals surface area contributed by atoms with E-state index < -0.39 is 0 Å². The first kappa shape index (κ1) is 14.9. The molecule has 1 rings (SSSR count). The molecule has 100 valence electrons. The second kappa shape index (κ2) is 6.71. The summed E-state index contributed by atoms with van der Waals surface area (Å²) in [5, 5.41) is 0. The highest BCUT2D eigenvalue weighted by atomic mass is 32.1. The Bertz CT molecular complexity index is 420. The summed E-state index contributed by atoms with van der Waals surface area (Å²) in [6, 6.07) is 6.45. The Balaban J connectivity index is 3.03. The van der Waals surface area contributed by atoms with Gasteiger partial charge in [-0.2, -0.15) is 0 Å².